The van der Waals surface area contributed by atoms with Crippen molar-refractivity contribution >= 4 is 34.9 Å². The number of carbonyl (C=O) groups is 1. The van der Waals surface area contributed by atoms with Crippen LogP contribution >= 0.6 is 23.2 Å². The third-order valence-electron chi connectivity index (χ3n) is 2.83. The Morgan fingerprint density at radius 3 is 2.67 bits per heavy atom. The molecule has 1 aromatic heterocycles. The Balaban J connectivity index is 2.10. The maximum atomic E-state index is 11.8. The minimum Gasteiger partial charge on any atom is -0.310 e. The van der Waals surface area contributed by atoms with Gasteiger partial charge in [0.15, 0.2) is 0 Å². The summed E-state index contributed by atoms with van der Waals surface area (Å²) in [6, 6.07) is 0. The van der Waals surface area contributed by atoms with Crippen molar-refractivity contribution in [2.24, 2.45) is 5.41 Å². The van der Waals surface area contributed by atoms with E-state index in [1.54, 1.807) is 13.1 Å². The van der Waals surface area contributed by atoms with Crippen LogP contribution in [0.1, 0.15) is 18.9 Å². The van der Waals surface area contributed by atoms with E-state index in [-0.39, 0.29) is 5.91 Å². The van der Waals surface area contributed by atoms with Gasteiger partial charge in [0.25, 0.3) is 0 Å². The van der Waals surface area contributed by atoms with Gasteiger partial charge in [0.05, 0.1) is 11.6 Å². The van der Waals surface area contributed by atoms with Gasteiger partial charge in [-0.1, -0.05) is 0 Å². The molecule has 15 heavy (non-hydrogen) atoms. The van der Waals surface area contributed by atoms with Crippen LogP contribution in [-0.4, -0.2) is 20.4 Å². The van der Waals surface area contributed by atoms with Gasteiger partial charge in [0.1, 0.15) is 10.2 Å². The van der Waals surface area contributed by atoms with Crippen molar-refractivity contribution in [3.05, 3.63) is 11.8 Å². The quantitative estimate of drug-likeness (QED) is 0.788. The van der Waals surface area contributed by atoms with Crippen LogP contribution in [0.2, 0.25) is 0 Å². The molecule has 2 N–H and O–H groups in total. The fraction of sp³-hybridized carbons (Fsp3) is 0.556. The van der Waals surface area contributed by atoms with Crippen molar-refractivity contribution in [3.8, 4) is 0 Å². The lowest BCUT2D eigenvalue weighted by atomic mass is 10.1. The standard InChI is InChI=1S/C9H11Cl2N3O/c1-5-3-12-14-6(5)13-7(15)8(2)4-9(8,10)11/h3H,4H2,1-2H3,(H2,12,13,14,15). The molecule has 0 radical (unpaired) electrons. The molecule has 0 spiro atoms. The van der Waals surface area contributed by atoms with E-state index < -0.39 is 9.75 Å². The van der Waals surface area contributed by atoms with Crippen LogP contribution in [0.3, 0.4) is 0 Å². The Kier molecular flexibility index (Phi) is 2.24. The minimum atomic E-state index is -0.939. The Morgan fingerprint density at radius 2 is 2.27 bits per heavy atom. The van der Waals surface area contributed by atoms with Crippen molar-refractivity contribution in [2.45, 2.75) is 24.6 Å². The first-order valence-electron chi connectivity index (χ1n) is 4.56. The van der Waals surface area contributed by atoms with Crippen molar-refractivity contribution in [3.63, 3.8) is 0 Å². The number of aromatic nitrogens is 2. The number of hydrogen-bond acceptors (Lipinski definition) is 2. The van der Waals surface area contributed by atoms with Crippen molar-refractivity contribution in [1.29, 1.82) is 0 Å². The van der Waals surface area contributed by atoms with E-state index in [4.69, 9.17) is 23.2 Å². The first-order chi connectivity index (χ1) is 6.87. The summed E-state index contributed by atoms with van der Waals surface area (Å²) in [6.07, 6.45) is 2.11. The monoisotopic (exact) mass is 247 g/mol. The van der Waals surface area contributed by atoms with Gasteiger partial charge >= 0.3 is 0 Å². The molecule has 2 rings (SSSR count). The summed E-state index contributed by atoms with van der Waals surface area (Å²) in [5.74, 6) is 0.414. The Hall–Kier alpha value is -0.740. The zero-order valence-electron chi connectivity index (χ0n) is 8.40. The highest BCUT2D eigenvalue weighted by molar-refractivity contribution is 6.53. The second-order valence-corrected chi connectivity index (χ2v) is 5.58. The van der Waals surface area contributed by atoms with E-state index in [2.05, 4.69) is 15.5 Å². The molecule has 1 unspecified atom stereocenters. The second kappa shape index (κ2) is 3.12. The van der Waals surface area contributed by atoms with Crippen LogP contribution in [-0.2, 0) is 4.79 Å². The smallest absolute Gasteiger partial charge is 0.234 e. The van der Waals surface area contributed by atoms with E-state index in [9.17, 15) is 4.79 Å². The van der Waals surface area contributed by atoms with Gasteiger partial charge in [-0.2, -0.15) is 5.10 Å². The van der Waals surface area contributed by atoms with Crippen LogP contribution in [0.4, 0.5) is 5.82 Å². The largest absolute Gasteiger partial charge is 0.310 e. The molecule has 4 nitrogen and oxygen atoms in total. The lowest BCUT2D eigenvalue weighted by Crippen LogP contribution is -2.26. The van der Waals surface area contributed by atoms with E-state index in [1.807, 2.05) is 6.92 Å². The van der Waals surface area contributed by atoms with Gasteiger partial charge in [-0.3, -0.25) is 9.89 Å². The number of halogens is 2. The number of alkyl halides is 2. The molecular formula is C9H11Cl2N3O. The molecular weight excluding hydrogens is 237 g/mol. The number of nitrogens with zero attached hydrogens (tertiary/aromatic N) is 1. The van der Waals surface area contributed by atoms with Gasteiger partial charge in [0, 0.05) is 5.56 Å². The number of nitrogens with one attached hydrogen (secondary N) is 2. The summed E-state index contributed by atoms with van der Waals surface area (Å²) in [6.45, 7) is 3.59. The predicted octanol–water partition coefficient (Wildman–Crippen LogP) is 2.24. The molecule has 1 saturated carbocycles. The summed E-state index contributed by atoms with van der Waals surface area (Å²) in [5.41, 5.74) is 0.176. The predicted molar refractivity (Wildman–Crippen MR) is 59.1 cm³/mol. The third kappa shape index (κ3) is 1.62. The summed E-state index contributed by atoms with van der Waals surface area (Å²) in [5, 5.41) is 9.23. The van der Waals surface area contributed by atoms with Crippen LogP contribution in [0, 0.1) is 12.3 Å². The number of carbonyl (C=O) groups excluding carboxylic acids is 1. The van der Waals surface area contributed by atoms with Crippen molar-refractivity contribution < 1.29 is 4.79 Å². The molecule has 1 fully saturated rings. The molecule has 1 aliphatic carbocycles. The first kappa shape index (κ1) is 10.8. The lowest BCUT2D eigenvalue weighted by molar-refractivity contribution is -0.120. The number of aryl methyl sites for hydroxylation is 1. The van der Waals surface area contributed by atoms with Gasteiger partial charge in [-0.05, 0) is 20.3 Å². The van der Waals surface area contributed by atoms with Crippen molar-refractivity contribution in [1.82, 2.24) is 10.2 Å². The molecule has 0 aromatic carbocycles. The summed E-state index contributed by atoms with van der Waals surface area (Å²) >= 11 is 11.8. The first-order valence-corrected chi connectivity index (χ1v) is 5.32. The zero-order chi connectivity index (χ0) is 11.3. The number of hydrogen-bond donors (Lipinski definition) is 2. The molecule has 0 saturated heterocycles. The van der Waals surface area contributed by atoms with Crippen LogP contribution in [0.25, 0.3) is 0 Å². The normalized spacial score (nSPS) is 27.5. The molecule has 0 aliphatic heterocycles. The molecule has 1 atom stereocenters. The van der Waals surface area contributed by atoms with Crippen LogP contribution in [0.5, 0.6) is 0 Å². The highest BCUT2D eigenvalue weighted by atomic mass is 35.5. The molecule has 82 valence electrons. The maximum Gasteiger partial charge on any atom is 0.234 e. The number of aromatic amines is 1. The van der Waals surface area contributed by atoms with Crippen LogP contribution < -0.4 is 5.32 Å². The fourth-order valence-corrected chi connectivity index (χ4v) is 2.08. The Morgan fingerprint density at radius 1 is 1.67 bits per heavy atom. The molecule has 1 aromatic rings. The Labute approximate surface area is 97.3 Å². The number of rotatable bonds is 2. The highest BCUT2D eigenvalue weighted by Crippen LogP contribution is 2.64. The molecule has 6 heteroatoms. The van der Waals surface area contributed by atoms with E-state index in [0.717, 1.165) is 5.56 Å². The van der Waals surface area contributed by atoms with Gasteiger partial charge in [-0.15, -0.1) is 23.2 Å². The summed E-state index contributed by atoms with van der Waals surface area (Å²) in [4.78, 5) is 11.8. The maximum absolute atomic E-state index is 11.8. The number of amides is 1. The summed E-state index contributed by atoms with van der Waals surface area (Å²) in [7, 11) is 0. The van der Waals surface area contributed by atoms with Crippen molar-refractivity contribution in [2.75, 3.05) is 5.32 Å². The molecule has 1 aliphatic rings. The van der Waals surface area contributed by atoms with E-state index in [0.29, 0.717) is 12.2 Å². The second-order valence-electron chi connectivity index (χ2n) is 4.10. The van der Waals surface area contributed by atoms with Gasteiger partial charge in [0.2, 0.25) is 5.91 Å². The van der Waals surface area contributed by atoms with E-state index >= 15 is 0 Å². The number of H-pyrrole nitrogens is 1. The Bertz CT molecular complexity index is 415. The zero-order valence-corrected chi connectivity index (χ0v) is 9.91. The van der Waals surface area contributed by atoms with Gasteiger partial charge < -0.3 is 5.32 Å². The molecule has 1 heterocycles. The summed E-state index contributed by atoms with van der Waals surface area (Å²) < 4.78 is -0.939. The fourth-order valence-electron chi connectivity index (χ4n) is 1.37. The average molecular weight is 248 g/mol. The lowest BCUT2D eigenvalue weighted by Gasteiger charge is -2.11. The third-order valence-corrected chi connectivity index (χ3v) is 3.93. The topological polar surface area (TPSA) is 57.8 Å². The highest BCUT2D eigenvalue weighted by Gasteiger charge is 2.67. The molecule has 1 amide bonds. The SMILES string of the molecule is Cc1cn[nH]c1NC(=O)C1(C)CC1(Cl)Cl. The van der Waals surface area contributed by atoms with E-state index in [1.165, 1.54) is 0 Å². The van der Waals surface area contributed by atoms with Crippen LogP contribution in [0.15, 0.2) is 6.20 Å². The molecule has 0 bridgehead atoms. The minimum absolute atomic E-state index is 0.181. The average Bonchev–Trinajstić information content (AvgIpc) is 2.48. The van der Waals surface area contributed by atoms with Gasteiger partial charge in [-0.25, -0.2) is 0 Å². The number of anilines is 1.